The number of para-hydroxylation sites is 1. The molecule has 0 aliphatic carbocycles. The Hall–Kier alpha value is 0.775. The van der Waals surface area contributed by atoms with E-state index in [9.17, 15) is 9.90 Å². The minimum absolute atomic E-state index is 0. The van der Waals surface area contributed by atoms with Crippen LogP contribution in [-0.2, 0) is 31.0 Å². The first kappa shape index (κ1) is 15.8. The first-order valence-electron chi connectivity index (χ1n) is 4.12. The maximum Gasteiger partial charge on any atom is 1.00 e. The van der Waals surface area contributed by atoms with Gasteiger partial charge in [0.25, 0.3) is 0 Å². The van der Waals surface area contributed by atoms with Gasteiger partial charge in [-0.25, -0.2) is 0 Å². The van der Waals surface area contributed by atoms with Crippen molar-refractivity contribution in [2.75, 3.05) is 0 Å². The fourth-order valence-electron chi connectivity index (χ4n) is 1.18. The molecule has 71 valence electrons. The van der Waals surface area contributed by atoms with Crippen LogP contribution in [0.15, 0.2) is 18.2 Å². The number of carboxylic acid groups (broad SMARTS) is 1. The van der Waals surface area contributed by atoms with E-state index >= 15 is 0 Å². The molecule has 0 N–H and O–H groups in total. The summed E-state index contributed by atoms with van der Waals surface area (Å²) in [5.74, 6) is -0.729. The fourth-order valence-corrected chi connectivity index (χ4v) is 2.87. The van der Waals surface area contributed by atoms with Crippen LogP contribution in [-0.4, -0.2) is 5.97 Å². The van der Waals surface area contributed by atoms with E-state index in [1.807, 2.05) is 13.0 Å². The van der Waals surface area contributed by atoms with Crippen molar-refractivity contribution in [1.82, 2.24) is 0 Å². The van der Waals surface area contributed by atoms with E-state index in [1.165, 1.54) is 14.6 Å². The number of aromatic carboxylic acids is 1. The first-order valence-corrected chi connectivity index (χ1v) is 11.8. The van der Waals surface area contributed by atoms with Crippen molar-refractivity contribution < 1.29 is 68.2 Å². The summed E-state index contributed by atoms with van der Waals surface area (Å²) in [7, 11) is 1.32. The molecule has 1 aromatic carbocycles. The second-order valence-corrected chi connectivity index (χ2v) is 5.79. The molecule has 0 fully saturated rings. The molecule has 0 saturated carbocycles. The number of rotatable bonds is 4. The van der Waals surface area contributed by atoms with Crippen molar-refractivity contribution in [1.29, 1.82) is 0 Å². The molecule has 0 heterocycles. The van der Waals surface area contributed by atoms with Gasteiger partial charge in [-0.3, -0.25) is 0 Å². The third-order valence-electron chi connectivity index (χ3n) is 1.84. The zero-order valence-corrected chi connectivity index (χ0v) is 17.1. The largest absolute Gasteiger partial charge is 1.00 e. The van der Waals surface area contributed by atoms with Crippen LogP contribution in [0.2, 0.25) is 0 Å². The van der Waals surface area contributed by atoms with E-state index in [-0.39, 0.29) is 35.1 Å². The zero-order chi connectivity index (χ0) is 10.6. The molecule has 0 bridgehead atoms. The van der Waals surface area contributed by atoms with Gasteiger partial charge in [-0.2, -0.15) is 0 Å². The predicted octanol–water partition coefficient (Wildman–Crippen LogP) is -1.89. The van der Waals surface area contributed by atoms with Crippen LogP contribution >= 0.6 is 8.52 Å². The molecular formula is C9H8HgNaO3S. The molecular weight excluding hydrogens is 412 g/mol. The van der Waals surface area contributed by atoms with Gasteiger partial charge >= 0.3 is 131 Å². The van der Waals surface area contributed by atoms with Crippen LogP contribution in [0.4, 0.5) is 0 Å². The Kier molecular flexibility index (Phi) is 8.36. The molecule has 0 atom stereocenters. The van der Waals surface area contributed by atoms with Crippen LogP contribution in [0.1, 0.15) is 22.8 Å². The molecule has 0 aliphatic rings. The van der Waals surface area contributed by atoms with Crippen molar-refractivity contribution in [2.45, 2.75) is 13.3 Å². The van der Waals surface area contributed by atoms with Gasteiger partial charge in [-0.1, -0.05) is 0 Å². The third kappa shape index (κ3) is 4.27. The number of hydrogen-bond acceptors (Lipinski definition) is 4. The minimum Gasteiger partial charge on any atom is 1.00 e. The molecule has 3 nitrogen and oxygen atoms in total. The monoisotopic (exact) mass is 421 g/mol. The zero-order valence-electron chi connectivity index (χ0n) is 8.78. The minimum atomic E-state index is -1.18. The average Bonchev–Trinajstić information content (AvgIpc) is 2.18. The summed E-state index contributed by atoms with van der Waals surface area (Å²) >= 11 is 0.422. The molecule has 0 amide bonds. The third-order valence-corrected chi connectivity index (χ3v) is 3.50. The summed E-state index contributed by atoms with van der Waals surface area (Å²) < 4.78 is 5.30. The molecule has 0 radical (unpaired) electrons. The predicted molar refractivity (Wildman–Crippen MR) is 48.4 cm³/mol. The van der Waals surface area contributed by atoms with Crippen molar-refractivity contribution in [3.05, 3.63) is 29.3 Å². The van der Waals surface area contributed by atoms with E-state index < -0.39 is 5.97 Å². The smallest absolute Gasteiger partial charge is 1.00 e. The van der Waals surface area contributed by atoms with Crippen LogP contribution in [0.3, 0.4) is 0 Å². The molecule has 0 aromatic heterocycles. The van der Waals surface area contributed by atoms with Crippen molar-refractivity contribution in [3.8, 4) is 5.75 Å². The number of hydrogen-bond donors (Lipinski definition) is 0. The van der Waals surface area contributed by atoms with Crippen LogP contribution < -0.4 is 38.8 Å². The van der Waals surface area contributed by atoms with Gasteiger partial charge in [0.05, 0.1) is 0 Å². The van der Waals surface area contributed by atoms with Crippen molar-refractivity contribution in [2.24, 2.45) is 0 Å². The maximum absolute atomic E-state index is 10.8. The van der Waals surface area contributed by atoms with Gasteiger partial charge in [0, 0.05) is 0 Å². The summed E-state index contributed by atoms with van der Waals surface area (Å²) in [6, 6.07) is 5.08. The Bertz CT molecular complexity index is 346. The standard InChI is InChI=1S/C9H10O3S.Hg.Na/c1-2-6-4-3-5-7(9(10)11)8(6)12-13;;/h3-5,13H,2H2,1H3,(H,10,11);;/q;2*+1/p-2. The summed E-state index contributed by atoms with van der Waals surface area (Å²) in [5.41, 5.74) is 1.05. The number of carbonyl (C=O) groups is 1. The Morgan fingerprint density at radius 2 is 2.27 bits per heavy atom. The maximum atomic E-state index is 10.8. The van der Waals surface area contributed by atoms with E-state index in [2.05, 4.69) is 0 Å². The Morgan fingerprint density at radius 1 is 1.60 bits per heavy atom. The molecule has 0 spiro atoms. The van der Waals surface area contributed by atoms with E-state index in [1.54, 1.807) is 6.07 Å². The SMILES string of the molecule is CCc1cccc(C(=O)[O-])c1O[S][Hg].[Na+]. The Morgan fingerprint density at radius 3 is 2.73 bits per heavy atom. The summed E-state index contributed by atoms with van der Waals surface area (Å²) in [6.45, 7) is 1.96. The molecule has 1 aromatic rings. The van der Waals surface area contributed by atoms with Crippen LogP contribution in [0.5, 0.6) is 5.75 Å². The van der Waals surface area contributed by atoms with E-state index in [0.29, 0.717) is 30.4 Å². The van der Waals surface area contributed by atoms with Crippen molar-refractivity contribution in [3.63, 3.8) is 0 Å². The average molecular weight is 420 g/mol. The van der Waals surface area contributed by atoms with Crippen molar-refractivity contribution >= 4 is 14.5 Å². The summed E-state index contributed by atoms with van der Waals surface area (Å²) in [6.07, 6.45) is 0.755. The van der Waals surface area contributed by atoms with Gasteiger partial charge in [0.2, 0.25) is 0 Å². The molecule has 15 heavy (non-hydrogen) atoms. The normalized spacial score (nSPS) is 9.27. The van der Waals surface area contributed by atoms with Crippen LogP contribution in [0, 0.1) is 0 Å². The topological polar surface area (TPSA) is 49.4 Å². The second-order valence-electron chi connectivity index (χ2n) is 2.64. The van der Waals surface area contributed by atoms with Gasteiger partial charge < -0.3 is 0 Å². The molecule has 6 heteroatoms. The van der Waals surface area contributed by atoms with E-state index in [4.69, 9.17) is 4.18 Å². The molecule has 1 rings (SSSR count). The number of carbonyl (C=O) groups excluding carboxylic acids is 1. The van der Waals surface area contributed by atoms with Gasteiger partial charge in [0.15, 0.2) is 0 Å². The fraction of sp³-hybridized carbons (Fsp3) is 0.222. The Balaban J connectivity index is 0.00000196. The van der Waals surface area contributed by atoms with Gasteiger partial charge in [-0.15, -0.1) is 0 Å². The second kappa shape index (κ2) is 7.95. The molecule has 0 unspecified atom stereocenters. The molecule has 0 saturated heterocycles. The summed E-state index contributed by atoms with van der Waals surface area (Å²) in [4.78, 5) is 10.8. The summed E-state index contributed by atoms with van der Waals surface area (Å²) in [5, 5.41) is 10.8. The first-order chi connectivity index (χ1) is 6.70. The van der Waals surface area contributed by atoms with Gasteiger partial charge in [-0.05, 0) is 0 Å². The number of benzene rings is 1. The number of carboxylic acids is 1. The van der Waals surface area contributed by atoms with E-state index in [0.717, 1.165) is 12.0 Å². The van der Waals surface area contributed by atoms with Crippen LogP contribution in [0.25, 0.3) is 0 Å². The Labute approximate surface area is 130 Å². The molecule has 0 aliphatic heterocycles. The quantitative estimate of drug-likeness (QED) is 0.423. The number of aryl methyl sites for hydroxylation is 1. The van der Waals surface area contributed by atoms with Gasteiger partial charge in [0.1, 0.15) is 0 Å².